The summed E-state index contributed by atoms with van der Waals surface area (Å²) in [6, 6.07) is 10.2. The van der Waals surface area contributed by atoms with E-state index in [0.29, 0.717) is 5.56 Å². The third-order valence-electron chi connectivity index (χ3n) is 2.57. The van der Waals surface area contributed by atoms with Gasteiger partial charge in [-0.25, -0.2) is 8.78 Å². The maximum Gasteiger partial charge on any atom is 0.252 e. The van der Waals surface area contributed by atoms with Crippen molar-refractivity contribution in [1.82, 2.24) is 5.32 Å². The Hall–Kier alpha value is -1.50. The highest BCUT2D eigenvalue weighted by Crippen LogP contribution is 2.13. The second-order valence-electron chi connectivity index (χ2n) is 3.90. The van der Waals surface area contributed by atoms with Gasteiger partial charge in [-0.05, 0) is 52.9 Å². The van der Waals surface area contributed by atoms with Crippen LogP contribution in [0.4, 0.5) is 8.78 Å². The minimum absolute atomic E-state index is 0.0482. The van der Waals surface area contributed by atoms with Crippen LogP contribution < -0.4 is 5.32 Å². The van der Waals surface area contributed by atoms with Crippen LogP contribution in [0, 0.1) is 15.2 Å². The van der Waals surface area contributed by atoms with Gasteiger partial charge in [0, 0.05) is 15.7 Å². The molecule has 98 valence electrons. The Morgan fingerprint density at radius 1 is 1.16 bits per heavy atom. The molecule has 0 aliphatic heterocycles. The van der Waals surface area contributed by atoms with Gasteiger partial charge < -0.3 is 5.32 Å². The van der Waals surface area contributed by atoms with Crippen LogP contribution in [0.15, 0.2) is 42.5 Å². The predicted molar refractivity (Wildman–Crippen MR) is 76.7 cm³/mol. The van der Waals surface area contributed by atoms with Crippen LogP contribution in [0.25, 0.3) is 0 Å². The molecule has 19 heavy (non-hydrogen) atoms. The van der Waals surface area contributed by atoms with Crippen molar-refractivity contribution < 1.29 is 13.6 Å². The van der Waals surface area contributed by atoms with Crippen molar-refractivity contribution in [3.8, 4) is 0 Å². The van der Waals surface area contributed by atoms with Crippen LogP contribution in [-0.4, -0.2) is 5.91 Å². The molecule has 0 unspecified atom stereocenters. The number of benzene rings is 2. The second-order valence-corrected chi connectivity index (χ2v) is 5.06. The molecule has 2 nitrogen and oxygen atoms in total. The number of rotatable bonds is 3. The molecule has 0 atom stereocenters. The van der Waals surface area contributed by atoms with Gasteiger partial charge in [-0.3, -0.25) is 4.79 Å². The first-order valence-corrected chi connectivity index (χ1v) is 6.62. The molecule has 1 N–H and O–H groups in total. The van der Waals surface area contributed by atoms with Crippen molar-refractivity contribution in [3.63, 3.8) is 0 Å². The zero-order chi connectivity index (χ0) is 13.8. The van der Waals surface area contributed by atoms with Gasteiger partial charge in [0.05, 0.1) is 5.56 Å². The number of hydrogen-bond donors (Lipinski definition) is 1. The first kappa shape index (κ1) is 13.9. The number of hydrogen-bond acceptors (Lipinski definition) is 1. The van der Waals surface area contributed by atoms with Crippen molar-refractivity contribution in [3.05, 3.63) is 68.8 Å². The van der Waals surface area contributed by atoms with Gasteiger partial charge in [-0.1, -0.05) is 12.1 Å². The lowest BCUT2D eigenvalue weighted by Crippen LogP contribution is -2.24. The van der Waals surface area contributed by atoms with Gasteiger partial charge in [0.2, 0.25) is 0 Å². The van der Waals surface area contributed by atoms with Gasteiger partial charge >= 0.3 is 0 Å². The topological polar surface area (TPSA) is 29.1 Å². The molecular weight excluding hydrogens is 363 g/mol. The molecule has 0 fully saturated rings. The molecule has 2 rings (SSSR count). The Kier molecular flexibility index (Phi) is 4.47. The monoisotopic (exact) mass is 373 g/mol. The number of nitrogens with one attached hydrogen (secondary N) is 1. The summed E-state index contributed by atoms with van der Waals surface area (Å²) in [7, 11) is 0. The lowest BCUT2D eigenvalue weighted by Gasteiger charge is -2.07. The van der Waals surface area contributed by atoms with Gasteiger partial charge in [0.1, 0.15) is 11.6 Å². The Balaban J connectivity index is 2.09. The van der Waals surface area contributed by atoms with E-state index in [1.165, 1.54) is 0 Å². The highest BCUT2D eigenvalue weighted by atomic mass is 127. The molecular formula is C14H10F2INO. The van der Waals surface area contributed by atoms with Crippen LogP contribution in [0.5, 0.6) is 0 Å². The number of halogens is 3. The number of amides is 1. The van der Waals surface area contributed by atoms with Crippen molar-refractivity contribution in [1.29, 1.82) is 0 Å². The van der Waals surface area contributed by atoms with Gasteiger partial charge in [-0.2, -0.15) is 0 Å². The average molecular weight is 373 g/mol. The van der Waals surface area contributed by atoms with Crippen molar-refractivity contribution in [2.75, 3.05) is 0 Å². The van der Waals surface area contributed by atoms with Crippen LogP contribution >= 0.6 is 22.6 Å². The maximum atomic E-state index is 13.4. The predicted octanol–water partition coefficient (Wildman–Crippen LogP) is 3.50. The van der Waals surface area contributed by atoms with Gasteiger partial charge in [-0.15, -0.1) is 0 Å². The third kappa shape index (κ3) is 3.50. The Labute approximate surface area is 123 Å². The van der Waals surface area contributed by atoms with Gasteiger partial charge in [0.25, 0.3) is 5.91 Å². The van der Waals surface area contributed by atoms with E-state index in [0.717, 1.165) is 21.8 Å². The first-order chi connectivity index (χ1) is 9.08. The lowest BCUT2D eigenvalue weighted by molar-refractivity contribution is 0.0949. The lowest BCUT2D eigenvalue weighted by atomic mass is 10.2. The van der Waals surface area contributed by atoms with Crippen molar-refractivity contribution in [2.24, 2.45) is 0 Å². The maximum absolute atomic E-state index is 13.4. The summed E-state index contributed by atoms with van der Waals surface area (Å²) in [6.07, 6.45) is 0. The fourth-order valence-electron chi connectivity index (χ4n) is 1.59. The Morgan fingerprint density at radius 3 is 2.63 bits per heavy atom. The van der Waals surface area contributed by atoms with E-state index in [1.807, 2.05) is 28.7 Å². The highest BCUT2D eigenvalue weighted by molar-refractivity contribution is 14.1. The number of carbonyl (C=O) groups excluding carboxylic acids is 1. The minimum atomic E-state index is -0.538. The second kappa shape index (κ2) is 6.10. The zero-order valence-corrected chi connectivity index (χ0v) is 11.9. The van der Waals surface area contributed by atoms with Crippen LogP contribution in [0.2, 0.25) is 0 Å². The van der Waals surface area contributed by atoms with Gasteiger partial charge in [0.15, 0.2) is 0 Å². The Bertz CT molecular complexity index is 616. The van der Waals surface area contributed by atoms with Crippen LogP contribution in [0.3, 0.4) is 0 Å². The molecule has 1 amide bonds. The molecule has 0 aromatic heterocycles. The molecule has 0 aliphatic rings. The molecule has 5 heteroatoms. The molecule has 0 radical (unpaired) electrons. The molecule has 0 saturated carbocycles. The smallest absolute Gasteiger partial charge is 0.252 e. The molecule has 2 aromatic rings. The highest BCUT2D eigenvalue weighted by Gasteiger charge is 2.10. The first-order valence-electron chi connectivity index (χ1n) is 5.54. The van der Waals surface area contributed by atoms with E-state index in [-0.39, 0.29) is 18.0 Å². The normalized spacial score (nSPS) is 10.3. The average Bonchev–Trinajstić information content (AvgIpc) is 2.40. The van der Waals surface area contributed by atoms with Crippen LogP contribution in [-0.2, 0) is 6.54 Å². The molecule has 0 heterocycles. The summed E-state index contributed by atoms with van der Waals surface area (Å²) in [4.78, 5) is 11.9. The van der Waals surface area contributed by atoms with E-state index in [4.69, 9.17) is 0 Å². The summed E-state index contributed by atoms with van der Waals surface area (Å²) < 4.78 is 27.2. The SMILES string of the molecule is O=C(NCc1cc(F)ccc1F)c1ccccc1I. The van der Waals surface area contributed by atoms with E-state index < -0.39 is 11.6 Å². The summed E-state index contributed by atoms with van der Waals surface area (Å²) in [6.45, 7) is -0.0482. The zero-order valence-electron chi connectivity index (χ0n) is 9.79. The largest absolute Gasteiger partial charge is 0.348 e. The Morgan fingerprint density at radius 2 is 1.89 bits per heavy atom. The third-order valence-corrected chi connectivity index (χ3v) is 3.51. The molecule has 0 bridgehead atoms. The van der Waals surface area contributed by atoms with E-state index in [2.05, 4.69) is 5.32 Å². The van der Waals surface area contributed by atoms with E-state index in [1.54, 1.807) is 18.2 Å². The van der Waals surface area contributed by atoms with Crippen molar-refractivity contribution >= 4 is 28.5 Å². The minimum Gasteiger partial charge on any atom is -0.348 e. The molecule has 0 saturated heterocycles. The molecule has 0 spiro atoms. The summed E-state index contributed by atoms with van der Waals surface area (Å²) in [5, 5.41) is 2.57. The number of carbonyl (C=O) groups is 1. The standard InChI is InChI=1S/C14H10F2INO/c15-10-5-6-12(16)9(7-10)8-18-14(19)11-3-1-2-4-13(11)17/h1-7H,8H2,(H,18,19). The van der Waals surface area contributed by atoms with Crippen molar-refractivity contribution in [2.45, 2.75) is 6.54 Å². The summed E-state index contributed by atoms with van der Waals surface area (Å²) >= 11 is 2.05. The molecule has 2 aromatic carbocycles. The fraction of sp³-hybridized carbons (Fsp3) is 0.0714. The summed E-state index contributed by atoms with van der Waals surface area (Å²) in [5.74, 6) is -1.38. The molecule has 0 aliphatic carbocycles. The summed E-state index contributed by atoms with van der Waals surface area (Å²) in [5.41, 5.74) is 0.638. The fourth-order valence-corrected chi connectivity index (χ4v) is 2.23. The van der Waals surface area contributed by atoms with E-state index in [9.17, 15) is 13.6 Å². The van der Waals surface area contributed by atoms with Crippen LogP contribution in [0.1, 0.15) is 15.9 Å². The quantitative estimate of drug-likeness (QED) is 0.820. The van der Waals surface area contributed by atoms with E-state index >= 15 is 0 Å².